The third-order valence-electron chi connectivity index (χ3n) is 5.56. The Bertz CT molecular complexity index is 1220. The van der Waals surface area contributed by atoms with Crippen LogP contribution < -0.4 is 10.1 Å². The molecule has 0 aromatic heterocycles. The van der Waals surface area contributed by atoms with Crippen molar-refractivity contribution in [2.45, 2.75) is 31.2 Å². The van der Waals surface area contributed by atoms with Gasteiger partial charge in [0.05, 0.1) is 24.6 Å². The summed E-state index contributed by atoms with van der Waals surface area (Å²) in [5.74, 6) is -0.227. The Morgan fingerprint density at radius 2 is 1.74 bits per heavy atom. The van der Waals surface area contributed by atoms with E-state index in [4.69, 9.17) is 4.74 Å². The number of carbonyl (C=O) groups excluding carboxylic acids is 1. The number of halogens is 1. The molecule has 1 N–H and O–H groups in total. The third-order valence-corrected chi connectivity index (χ3v) is 7.41. The molecule has 0 bridgehead atoms. The standard InChI is InChI=1S/C26H29FN2O4S/c1-19-17-24(13-14-25(19)33-3)34(31,32)29(16-15-21-7-5-4-6-8-21)18-26(30)28-20(2)22-9-11-23(27)12-10-22/h4-14,17,20H,15-16,18H2,1-3H3,(H,28,30)/t20-/m1/s1. The number of nitrogens with one attached hydrogen (secondary N) is 1. The van der Waals surface area contributed by atoms with Gasteiger partial charge in [-0.05, 0) is 67.3 Å². The highest BCUT2D eigenvalue weighted by molar-refractivity contribution is 7.89. The van der Waals surface area contributed by atoms with Gasteiger partial charge in [-0.25, -0.2) is 12.8 Å². The summed E-state index contributed by atoms with van der Waals surface area (Å²) in [6, 6.07) is 19.5. The number of rotatable bonds is 10. The second-order valence-electron chi connectivity index (χ2n) is 8.05. The highest BCUT2D eigenvalue weighted by Gasteiger charge is 2.27. The van der Waals surface area contributed by atoms with Crippen LogP contribution in [0, 0.1) is 12.7 Å². The molecule has 0 aliphatic carbocycles. The molecular formula is C26H29FN2O4S. The number of sulfonamides is 1. The number of aryl methyl sites for hydroxylation is 1. The lowest BCUT2D eigenvalue weighted by molar-refractivity contribution is -0.121. The normalized spacial score (nSPS) is 12.4. The highest BCUT2D eigenvalue weighted by atomic mass is 32.2. The molecule has 3 aromatic rings. The van der Waals surface area contributed by atoms with Crippen molar-refractivity contribution in [3.8, 4) is 5.75 Å². The van der Waals surface area contributed by atoms with Crippen LogP contribution in [0.2, 0.25) is 0 Å². The summed E-state index contributed by atoms with van der Waals surface area (Å²) < 4.78 is 46.6. The predicted octanol–water partition coefficient (Wildman–Crippen LogP) is 4.25. The molecule has 0 spiro atoms. The zero-order valence-electron chi connectivity index (χ0n) is 19.5. The first-order valence-corrected chi connectivity index (χ1v) is 12.4. The molecule has 0 radical (unpaired) electrons. The summed E-state index contributed by atoms with van der Waals surface area (Å²) >= 11 is 0. The largest absolute Gasteiger partial charge is 0.496 e. The molecule has 1 amide bonds. The molecular weight excluding hydrogens is 455 g/mol. The van der Waals surface area contributed by atoms with Crippen molar-refractivity contribution >= 4 is 15.9 Å². The van der Waals surface area contributed by atoms with Gasteiger partial charge in [-0.15, -0.1) is 0 Å². The Morgan fingerprint density at radius 1 is 1.06 bits per heavy atom. The average Bonchev–Trinajstić information content (AvgIpc) is 2.82. The van der Waals surface area contributed by atoms with E-state index in [2.05, 4.69) is 5.32 Å². The number of carbonyl (C=O) groups is 1. The second kappa shape index (κ2) is 11.3. The van der Waals surface area contributed by atoms with Crippen LogP contribution in [-0.2, 0) is 21.2 Å². The Hall–Kier alpha value is -3.23. The lowest BCUT2D eigenvalue weighted by Crippen LogP contribution is -2.42. The van der Waals surface area contributed by atoms with Crippen LogP contribution in [0.5, 0.6) is 5.75 Å². The molecule has 0 saturated heterocycles. The van der Waals surface area contributed by atoms with Gasteiger partial charge < -0.3 is 10.1 Å². The van der Waals surface area contributed by atoms with Gasteiger partial charge in [0.2, 0.25) is 15.9 Å². The van der Waals surface area contributed by atoms with Crippen molar-refractivity contribution in [2.24, 2.45) is 0 Å². The van der Waals surface area contributed by atoms with Crippen LogP contribution in [0.4, 0.5) is 4.39 Å². The molecule has 180 valence electrons. The molecule has 0 saturated carbocycles. The average molecular weight is 485 g/mol. The molecule has 0 unspecified atom stereocenters. The molecule has 0 heterocycles. The minimum atomic E-state index is -3.95. The minimum Gasteiger partial charge on any atom is -0.496 e. The molecule has 3 aromatic carbocycles. The SMILES string of the molecule is COc1ccc(S(=O)(=O)N(CCc2ccccc2)CC(=O)N[C@H](C)c2ccc(F)cc2)cc1C. The number of nitrogens with zero attached hydrogens (tertiary/aromatic N) is 1. The molecule has 0 aliphatic heterocycles. The highest BCUT2D eigenvalue weighted by Crippen LogP contribution is 2.24. The van der Waals surface area contributed by atoms with Crippen LogP contribution in [-0.4, -0.2) is 38.8 Å². The summed E-state index contributed by atoms with van der Waals surface area (Å²) in [7, 11) is -2.43. The van der Waals surface area contributed by atoms with E-state index in [1.54, 1.807) is 38.1 Å². The van der Waals surface area contributed by atoms with Crippen LogP contribution in [0.1, 0.15) is 29.7 Å². The first kappa shape index (κ1) is 25.4. The predicted molar refractivity (Wildman–Crippen MR) is 130 cm³/mol. The Kier molecular flexibility index (Phi) is 8.41. The van der Waals surface area contributed by atoms with Crippen LogP contribution in [0.3, 0.4) is 0 Å². The number of methoxy groups -OCH3 is 1. The number of amides is 1. The van der Waals surface area contributed by atoms with Crippen molar-refractivity contribution in [1.82, 2.24) is 9.62 Å². The van der Waals surface area contributed by atoms with E-state index in [1.807, 2.05) is 30.3 Å². The van der Waals surface area contributed by atoms with Gasteiger partial charge in [0, 0.05) is 6.54 Å². The molecule has 1 atom stereocenters. The van der Waals surface area contributed by atoms with E-state index >= 15 is 0 Å². The topological polar surface area (TPSA) is 75.7 Å². The Balaban J connectivity index is 1.81. The quantitative estimate of drug-likeness (QED) is 0.467. The number of benzene rings is 3. The van der Waals surface area contributed by atoms with E-state index in [0.29, 0.717) is 17.7 Å². The number of ether oxygens (including phenoxy) is 1. The van der Waals surface area contributed by atoms with Gasteiger partial charge in [-0.3, -0.25) is 4.79 Å². The lowest BCUT2D eigenvalue weighted by Gasteiger charge is -2.23. The molecule has 0 fully saturated rings. The Labute approximate surface area is 200 Å². The van der Waals surface area contributed by atoms with Crippen molar-refractivity contribution in [3.05, 3.63) is 95.3 Å². The Morgan fingerprint density at radius 3 is 2.35 bits per heavy atom. The zero-order valence-corrected chi connectivity index (χ0v) is 20.3. The molecule has 0 aliphatic rings. The van der Waals surface area contributed by atoms with Gasteiger partial charge in [-0.2, -0.15) is 4.31 Å². The van der Waals surface area contributed by atoms with Crippen molar-refractivity contribution in [3.63, 3.8) is 0 Å². The van der Waals surface area contributed by atoms with Crippen LogP contribution in [0.25, 0.3) is 0 Å². The monoisotopic (exact) mass is 484 g/mol. The summed E-state index contributed by atoms with van der Waals surface area (Å²) in [5.41, 5.74) is 2.37. The number of hydrogen-bond acceptors (Lipinski definition) is 4. The van der Waals surface area contributed by atoms with Crippen molar-refractivity contribution < 1.29 is 22.3 Å². The van der Waals surface area contributed by atoms with Gasteiger partial charge >= 0.3 is 0 Å². The van der Waals surface area contributed by atoms with Gasteiger partial charge in [0.25, 0.3) is 0 Å². The zero-order chi connectivity index (χ0) is 24.7. The maximum atomic E-state index is 13.5. The smallest absolute Gasteiger partial charge is 0.243 e. The molecule has 3 rings (SSSR count). The summed E-state index contributed by atoms with van der Waals surface area (Å²) in [6.45, 7) is 3.32. The summed E-state index contributed by atoms with van der Waals surface area (Å²) in [6.07, 6.45) is 0.454. The maximum absolute atomic E-state index is 13.5. The molecule has 6 nitrogen and oxygen atoms in total. The molecule has 8 heteroatoms. The van der Waals surface area contributed by atoms with Crippen molar-refractivity contribution in [1.29, 1.82) is 0 Å². The number of hydrogen-bond donors (Lipinski definition) is 1. The first-order chi connectivity index (χ1) is 16.2. The van der Waals surface area contributed by atoms with Crippen LogP contribution in [0.15, 0.2) is 77.7 Å². The lowest BCUT2D eigenvalue weighted by atomic mass is 10.1. The first-order valence-electron chi connectivity index (χ1n) is 10.9. The minimum absolute atomic E-state index is 0.0956. The van der Waals surface area contributed by atoms with E-state index in [9.17, 15) is 17.6 Å². The van der Waals surface area contributed by atoms with E-state index in [1.165, 1.54) is 29.6 Å². The fourth-order valence-corrected chi connectivity index (χ4v) is 5.11. The third kappa shape index (κ3) is 6.42. The van der Waals surface area contributed by atoms with E-state index in [-0.39, 0.29) is 23.8 Å². The van der Waals surface area contributed by atoms with Crippen LogP contribution >= 0.6 is 0 Å². The van der Waals surface area contributed by atoms with Gasteiger partial charge in [-0.1, -0.05) is 42.5 Å². The second-order valence-corrected chi connectivity index (χ2v) is 9.98. The maximum Gasteiger partial charge on any atom is 0.243 e. The summed E-state index contributed by atoms with van der Waals surface area (Å²) in [4.78, 5) is 12.9. The van der Waals surface area contributed by atoms with E-state index in [0.717, 1.165) is 11.1 Å². The van der Waals surface area contributed by atoms with E-state index < -0.39 is 22.0 Å². The summed E-state index contributed by atoms with van der Waals surface area (Å²) in [5, 5.41) is 2.81. The molecule has 34 heavy (non-hydrogen) atoms. The van der Waals surface area contributed by atoms with Gasteiger partial charge in [0.1, 0.15) is 11.6 Å². The van der Waals surface area contributed by atoms with Gasteiger partial charge in [0.15, 0.2) is 0 Å². The fourth-order valence-electron chi connectivity index (χ4n) is 3.63. The van der Waals surface area contributed by atoms with Crippen molar-refractivity contribution in [2.75, 3.05) is 20.2 Å². The fraction of sp³-hybridized carbons (Fsp3) is 0.269.